The molecule has 0 saturated carbocycles. The van der Waals surface area contributed by atoms with Gasteiger partial charge in [0, 0.05) is 4.88 Å². The van der Waals surface area contributed by atoms with Crippen LogP contribution in [0.15, 0.2) is 35.7 Å². The molecule has 0 radical (unpaired) electrons. The lowest BCUT2D eigenvalue weighted by Crippen LogP contribution is -2.12. The van der Waals surface area contributed by atoms with Crippen molar-refractivity contribution in [2.24, 2.45) is 5.73 Å². The van der Waals surface area contributed by atoms with Gasteiger partial charge >= 0.3 is 0 Å². The first kappa shape index (κ1) is 13.1. The second-order valence-corrected chi connectivity index (χ2v) is 5.82. The van der Waals surface area contributed by atoms with Gasteiger partial charge in [-0.05, 0) is 55.5 Å². The van der Waals surface area contributed by atoms with Crippen LogP contribution < -0.4 is 10.5 Å². The van der Waals surface area contributed by atoms with Gasteiger partial charge in [0.1, 0.15) is 5.75 Å². The fourth-order valence-electron chi connectivity index (χ4n) is 1.87. The largest absolute Gasteiger partial charge is 0.491 e. The monoisotopic (exact) mass is 261 g/mol. The Balaban J connectivity index is 2.22. The number of aryl methyl sites for hydroxylation is 1. The molecule has 2 aromatic rings. The van der Waals surface area contributed by atoms with E-state index in [1.165, 1.54) is 10.4 Å². The van der Waals surface area contributed by atoms with Gasteiger partial charge in [-0.2, -0.15) is 0 Å². The summed E-state index contributed by atoms with van der Waals surface area (Å²) in [6.07, 6.45) is 0.180. The number of rotatable bonds is 4. The summed E-state index contributed by atoms with van der Waals surface area (Å²) >= 11 is 1.73. The maximum Gasteiger partial charge on any atom is 0.120 e. The number of benzene rings is 1. The number of hydrogen-bond acceptors (Lipinski definition) is 3. The molecule has 0 fully saturated rings. The zero-order valence-electron chi connectivity index (χ0n) is 11.0. The summed E-state index contributed by atoms with van der Waals surface area (Å²) in [7, 11) is 0. The van der Waals surface area contributed by atoms with Crippen molar-refractivity contribution in [3.8, 4) is 5.75 Å². The molecule has 96 valence electrons. The van der Waals surface area contributed by atoms with Crippen LogP contribution in [0.4, 0.5) is 0 Å². The third kappa shape index (κ3) is 3.12. The Hall–Kier alpha value is -1.32. The molecule has 2 rings (SSSR count). The van der Waals surface area contributed by atoms with Crippen LogP contribution in [0.5, 0.6) is 5.75 Å². The highest BCUT2D eigenvalue weighted by molar-refractivity contribution is 7.10. The zero-order chi connectivity index (χ0) is 13.1. The van der Waals surface area contributed by atoms with Crippen LogP contribution in [0, 0.1) is 6.92 Å². The summed E-state index contributed by atoms with van der Waals surface area (Å²) in [5.41, 5.74) is 8.54. The van der Waals surface area contributed by atoms with Crippen LogP contribution in [0.2, 0.25) is 0 Å². The summed E-state index contributed by atoms with van der Waals surface area (Å²) in [6, 6.07) is 10.1. The highest BCUT2D eigenvalue weighted by Crippen LogP contribution is 2.26. The van der Waals surface area contributed by atoms with Gasteiger partial charge in [-0.1, -0.05) is 12.1 Å². The van der Waals surface area contributed by atoms with Gasteiger partial charge in [-0.3, -0.25) is 0 Å². The summed E-state index contributed by atoms with van der Waals surface area (Å²) in [4.78, 5) is 1.29. The van der Waals surface area contributed by atoms with Crippen molar-refractivity contribution >= 4 is 11.3 Å². The fraction of sp³-hybridized carbons (Fsp3) is 0.333. The normalized spacial score (nSPS) is 12.7. The molecule has 0 aliphatic heterocycles. The number of hydrogen-bond donors (Lipinski definition) is 1. The van der Waals surface area contributed by atoms with Gasteiger partial charge in [0.2, 0.25) is 0 Å². The van der Waals surface area contributed by atoms with Crippen LogP contribution in [-0.2, 0) is 0 Å². The standard InChI is InChI=1S/C15H19NOS/c1-10(2)17-14-6-4-5-12(8-14)15(16)13-7-11(3)18-9-13/h4-10,15H,16H2,1-3H3. The van der Waals surface area contributed by atoms with E-state index in [4.69, 9.17) is 10.5 Å². The van der Waals surface area contributed by atoms with Gasteiger partial charge in [0.25, 0.3) is 0 Å². The molecular formula is C15H19NOS. The third-order valence-corrected chi connectivity index (χ3v) is 3.58. The van der Waals surface area contributed by atoms with Crippen LogP contribution in [0.3, 0.4) is 0 Å². The predicted molar refractivity (Wildman–Crippen MR) is 77.3 cm³/mol. The smallest absolute Gasteiger partial charge is 0.120 e. The van der Waals surface area contributed by atoms with Crippen molar-refractivity contribution in [2.45, 2.75) is 32.9 Å². The first-order valence-electron chi connectivity index (χ1n) is 6.13. The van der Waals surface area contributed by atoms with Crippen LogP contribution in [0.25, 0.3) is 0 Å². The van der Waals surface area contributed by atoms with Gasteiger partial charge in [-0.15, -0.1) is 11.3 Å². The number of thiophene rings is 1. The highest BCUT2D eigenvalue weighted by Gasteiger charge is 2.11. The van der Waals surface area contributed by atoms with E-state index in [0.717, 1.165) is 11.3 Å². The molecule has 0 saturated heterocycles. The molecule has 1 aromatic carbocycles. The minimum atomic E-state index is -0.0781. The predicted octanol–water partition coefficient (Wildman–Crippen LogP) is 3.89. The zero-order valence-corrected chi connectivity index (χ0v) is 11.8. The van der Waals surface area contributed by atoms with Crippen molar-refractivity contribution in [3.63, 3.8) is 0 Å². The molecule has 2 N–H and O–H groups in total. The summed E-state index contributed by atoms with van der Waals surface area (Å²) < 4.78 is 5.69. The Kier molecular flexibility index (Phi) is 4.04. The first-order valence-corrected chi connectivity index (χ1v) is 7.01. The molecule has 0 spiro atoms. The van der Waals surface area contributed by atoms with Crippen LogP contribution in [0.1, 0.15) is 35.9 Å². The lowest BCUT2D eigenvalue weighted by Gasteiger charge is -2.14. The second-order valence-electron chi connectivity index (χ2n) is 4.71. The van der Waals surface area contributed by atoms with Gasteiger partial charge in [0.05, 0.1) is 12.1 Å². The Labute approximate surface area is 112 Å². The average Bonchev–Trinajstić information content (AvgIpc) is 2.74. The molecular weight excluding hydrogens is 242 g/mol. The molecule has 18 heavy (non-hydrogen) atoms. The Morgan fingerprint density at radius 1 is 1.17 bits per heavy atom. The van der Waals surface area contributed by atoms with Crippen LogP contribution in [-0.4, -0.2) is 6.10 Å². The van der Waals surface area contributed by atoms with Crippen molar-refractivity contribution in [1.82, 2.24) is 0 Å². The summed E-state index contributed by atoms with van der Waals surface area (Å²) in [5, 5.41) is 2.12. The van der Waals surface area contributed by atoms with E-state index in [9.17, 15) is 0 Å². The maximum atomic E-state index is 6.28. The van der Waals surface area contributed by atoms with Gasteiger partial charge in [-0.25, -0.2) is 0 Å². The van der Waals surface area contributed by atoms with E-state index in [0.29, 0.717) is 0 Å². The summed E-state index contributed by atoms with van der Waals surface area (Å²) in [5.74, 6) is 0.880. The molecule has 0 amide bonds. The third-order valence-electron chi connectivity index (χ3n) is 2.70. The van der Waals surface area contributed by atoms with Gasteiger partial charge < -0.3 is 10.5 Å². The van der Waals surface area contributed by atoms with Crippen LogP contribution >= 0.6 is 11.3 Å². The van der Waals surface area contributed by atoms with Crippen molar-refractivity contribution in [2.75, 3.05) is 0 Å². The van der Waals surface area contributed by atoms with E-state index in [1.807, 2.05) is 38.1 Å². The van der Waals surface area contributed by atoms with Gasteiger partial charge in [0.15, 0.2) is 0 Å². The number of ether oxygens (including phenoxy) is 1. The van der Waals surface area contributed by atoms with E-state index in [-0.39, 0.29) is 12.1 Å². The van der Waals surface area contributed by atoms with E-state index in [1.54, 1.807) is 11.3 Å². The Bertz CT molecular complexity index is 519. The first-order chi connectivity index (χ1) is 8.56. The van der Waals surface area contributed by atoms with E-state index >= 15 is 0 Å². The highest BCUT2D eigenvalue weighted by atomic mass is 32.1. The molecule has 1 unspecified atom stereocenters. The molecule has 2 nitrogen and oxygen atoms in total. The second kappa shape index (κ2) is 5.55. The SMILES string of the molecule is Cc1cc(C(N)c2cccc(OC(C)C)c2)cs1. The van der Waals surface area contributed by atoms with Crippen molar-refractivity contribution in [1.29, 1.82) is 0 Å². The summed E-state index contributed by atoms with van der Waals surface area (Å²) in [6.45, 7) is 6.14. The molecule has 0 bridgehead atoms. The number of nitrogens with two attached hydrogens (primary N) is 1. The average molecular weight is 261 g/mol. The molecule has 0 aliphatic carbocycles. The lowest BCUT2D eigenvalue weighted by molar-refractivity contribution is 0.242. The van der Waals surface area contributed by atoms with E-state index in [2.05, 4.69) is 18.4 Å². The topological polar surface area (TPSA) is 35.2 Å². The molecule has 1 heterocycles. The van der Waals surface area contributed by atoms with Crippen molar-refractivity contribution in [3.05, 3.63) is 51.7 Å². The molecule has 1 atom stereocenters. The quantitative estimate of drug-likeness (QED) is 0.906. The Morgan fingerprint density at radius 2 is 1.94 bits per heavy atom. The Morgan fingerprint density at radius 3 is 2.56 bits per heavy atom. The van der Waals surface area contributed by atoms with E-state index < -0.39 is 0 Å². The molecule has 0 aliphatic rings. The van der Waals surface area contributed by atoms with Crippen molar-refractivity contribution < 1.29 is 4.74 Å². The minimum Gasteiger partial charge on any atom is -0.491 e. The molecule has 3 heteroatoms. The minimum absolute atomic E-state index is 0.0781. The lowest BCUT2D eigenvalue weighted by atomic mass is 10.0. The fourth-order valence-corrected chi connectivity index (χ4v) is 2.61. The molecule has 1 aromatic heterocycles. The maximum absolute atomic E-state index is 6.28.